The van der Waals surface area contributed by atoms with Crippen LogP contribution in [-0.4, -0.2) is 25.0 Å². The molecule has 0 radical (unpaired) electrons. The van der Waals surface area contributed by atoms with Crippen molar-refractivity contribution in [2.45, 2.75) is 13.3 Å². The molecule has 0 unspecified atom stereocenters. The van der Waals surface area contributed by atoms with E-state index in [0.717, 1.165) is 0 Å². The quantitative estimate of drug-likeness (QED) is 0.876. The first-order valence-electron chi connectivity index (χ1n) is 6.02. The lowest BCUT2D eigenvalue weighted by Crippen LogP contribution is -2.23. The lowest BCUT2D eigenvalue weighted by Gasteiger charge is -2.11. The van der Waals surface area contributed by atoms with Crippen molar-refractivity contribution < 1.29 is 18.7 Å². The number of anilines is 2. The zero-order chi connectivity index (χ0) is 13.8. The number of hydrogen-bond donors (Lipinski definition) is 2. The Morgan fingerprint density at radius 3 is 2.79 bits per heavy atom. The molecule has 1 aliphatic rings. The molecule has 1 aliphatic heterocycles. The second-order valence-corrected chi connectivity index (χ2v) is 4.43. The third-order valence-electron chi connectivity index (χ3n) is 2.85. The molecule has 1 aromatic carbocycles. The van der Waals surface area contributed by atoms with E-state index in [1.807, 2.05) is 0 Å². The zero-order valence-corrected chi connectivity index (χ0v) is 10.5. The summed E-state index contributed by atoms with van der Waals surface area (Å²) in [6.07, 6.45) is 0.686. The van der Waals surface area contributed by atoms with Crippen LogP contribution in [0.2, 0.25) is 0 Å². The van der Waals surface area contributed by atoms with E-state index in [-0.39, 0.29) is 23.4 Å². The Morgan fingerprint density at radius 1 is 1.37 bits per heavy atom. The van der Waals surface area contributed by atoms with Crippen LogP contribution in [0.25, 0.3) is 0 Å². The highest BCUT2D eigenvalue weighted by molar-refractivity contribution is 5.94. The van der Waals surface area contributed by atoms with Crippen LogP contribution in [0.5, 0.6) is 0 Å². The van der Waals surface area contributed by atoms with Gasteiger partial charge in [-0.2, -0.15) is 0 Å². The number of hydrogen-bond acceptors (Lipinski definition) is 3. The van der Waals surface area contributed by atoms with Crippen molar-refractivity contribution in [2.24, 2.45) is 5.92 Å². The van der Waals surface area contributed by atoms with E-state index in [1.165, 1.54) is 25.1 Å². The van der Waals surface area contributed by atoms with Crippen molar-refractivity contribution >= 4 is 23.2 Å². The summed E-state index contributed by atoms with van der Waals surface area (Å²) in [5.74, 6) is -1.24. The summed E-state index contributed by atoms with van der Waals surface area (Å²) in [6.45, 7) is 2.28. The molecule has 2 rings (SSSR count). The van der Waals surface area contributed by atoms with E-state index in [1.54, 1.807) is 0 Å². The second-order valence-electron chi connectivity index (χ2n) is 4.43. The van der Waals surface area contributed by atoms with Gasteiger partial charge in [0.05, 0.1) is 18.2 Å². The molecule has 0 bridgehead atoms. The number of carbonyl (C=O) groups is 2. The van der Waals surface area contributed by atoms with E-state index >= 15 is 0 Å². The van der Waals surface area contributed by atoms with Gasteiger partial charge in [0.2, 0.25) is 11.8 Å². The number of ether oxygens (including phenoxy) is 1. The zero-order valence-electron chi connectivity index (χ0n) is 10.5. The Labute approximate surface area is 110 Å². The molecule has 2 N–H and O–H groups in total. The standard InChI is InChI=1S/C13H15FN2O3/c1-8(17)15-12-6-10(2-3-11(12)14)16-13(18)9-4-5-19-7-9/h2-3,6,9H,4-5,7H2,1H3,(H,15,17)(H,16,18)/t9-/m0/s1. The fourth-order valence-corrected chi connectivity index (χ4v) is 1.87. The van der Waals surface area contributed by atoms with Crippen molar-refractivity contribution in [1.82, 2.24) is 0 Å². The van der Waals surface area contributed by atoms with Gasteiger partial charge >= 0.3 is 0 Å². The van der Waals surface area contributed by atoms with E-state index in [0.29, 0.717) is 25.3 Å². The molecule has 1 aromatic rings. The van der Waals surface area contributed by atoms with Gasteiger partial charge in [0.1, 0.15) is 5.82 Å². The summed E-state index contributed by atoms with van der Waals surface area (Å²) >= 11 is 0. The van der Waals surface area contributed by atoms with Gasteiger partial charge < -0.3 is 15.4 Å². The van der Waals surface area contributed by atoms with Crippen molar-refractivity contribution in [2.75, 3.05) is 23.8 Å². The molecule has 6 heteroatoms. The molecule has 1 saturated heterocycles. The van der Waals surface area contributed by atoms with Gasteiger partial charge in [-0.3, -0.25) is 9.59 Å². The molecule has 0 aliphatic carbocycles. The van der Waals surface area contributed by atoms with Gasteiger partial charge in [0, 0.05) is 19.2 Å². The highest BCUT2D eigenvalue weighted by Crippen LogP contribution is 2.21. The number of carbonyl (C=O) groups excluding carboxylic acids is 2. The van der Waals surface area contributed by atoms with Crippen LogP contribution in [-0.2, 0) is 14.3 Å². The van der Waals surface area contributed by atoms with Crippen LogP contribution in [0.15, 0.2) is 18.2 Å². The summed E-state index contributed by atoms with van der Waals surface area (Å²) in [7, 11) is 0. The molecule has 0 saturated carbocycles. The predicted octanol–water partition coefficient (Wildman–Crippen LogP) is 1.76. The maximum Gasteiger partial charge on any atom is 0.229 e. The van der Waals surface area contributed by atoms with E-state index in [2.05, 4.69) is 10.6 Å². The number of halogens is 1. The normalized spacial score (nSPS) is 18.1. The number of nitrogens with one attached hydrogen (secondary N) is 2. The summed E-state index contributed by atoms with van der Waals surface area (Å²) in [6, 6.07) is 4.05. The lowest BCUT2D eigenvalue weighted by atomic mass is 10.1. The van der Waals surface area contributed by atoms with Crippen LogP contribution in [0.3, 0.4) is 0 Å². The minimum absolute atomic E-state index is 0.0490. The molecule has 102 valence electrons. The highest BCUT2D eigenvalue weighted by Gasteiger charge is 2.23. The Hall–Kier alpha value is -1.95. The molecule has 1 heterocycles. The summed E-state index contributed by atoms with van der Waals surface area (Å²) in [5, 5.41) is 5.05. The van der Waals surface area contributed by atoms with Gasteiger partial charge in [0.15, 0.2) is 0 Å². The average molecular weight is 266 g/mol. The topological polar surface area (TPSA) is 67.4 Å². The molecule has 0 aromatic heterocycles. The predicted molar refractivity (Wildman–Crippen MR) is 68.3 cm³/mol. The fraction of sp³-hybridized carbons (Fsp3) is 0.385. The SMILES string of the molecule is CC(=O)Nc1cc(NC(=O)[C@H]2CCOC2)ccc1F. The summed E-state index contributed by atoms with van der Waals surface area (Å²) in [4.78, 5) is 22.8. The maximum absolute atomic E-state index is 13.4. The third-order valence-corrected chi connectivity index (χ3v) is 2.85. The first-order valence-corrected chi connectivity index (χ1v) is 6.02. The molecule has 5 nitrogen and oxygen atoms in total. The minimum Gasteiger partial charge on any atom is -0.381 e. The molecule has 0 spiro atoms. The molecule has 1 atom stereocenters. The second kappa shape index (κ2) is 5.79. The average Bonchev–Trinajstić information content (AvgIpc) is 2.86. The van der Waals surface area contributed by atoms with Crippen LogP contribution in [0, 0.1) is 11.7 Å². The molecule has 2 amide bonds. The monoisotopic (exact) mass is 266 g/mol. The van der Waals surface area contributed by atoms with Crippen LogP contribution >= 0.6 is 0 Å². The minimum atomic E-state index is -0.544. The number of amides is 2. The van der Waals surface area contributed by atoms with Crippen molar-refractivity contribution in [3.63, 3.8) is 0 Å². The molecule has 19 heavy (non-hydrogen) atoms. The van der Waals surface area contributed by atoms with Crippen LogP contribution < -0.4 is 10.6 Å². The van der Waals surface area contributed by atoms with Gasteiger partial charge in [0.25, 0.3) is 0 Å². The van der Waals surface area contributed by atoms with Crippen LogP contribution in [0.1, 0.15) is 13.3 Å². The number of rotatable bonds is 3. The summed E-state index contributed by atoms with van der Waals surface area (Å²) in [5.41, 5.74) is 0.495. The number of benzene rings is 1. The molecule has 1 fully saturated rings. The lowest BCUT2D eigenvalue weighted by molar-refractivity contribution is -0.119. The smallest absolute Gasteiger partial charge is 0.229 e. The van der Waals surface area contributed by atoms with Gasteiger partial charge in [-0.25, -0.2) is 4.39 Å². The first kappa shape index (κ1) is 13.5. The Kier molecular flexibility index (Phi) is 4.11. The third kappa shape index (κ3) is 3.51. The van der Waals surface area contributed by atoms with Crippen molar-refractivity contribution in [3.8, 4) is 0 Å². The van der Waals surface area contributed by atoms with E-state index in [9.17, 15) is 14.0 Å². The van der Waals surface area contributed by atoms with Gasteiger partial charge in [-0.1, -0.05) is 0 Å². The van der Waals surface area contributed by atoms with Crippen molar-refractivity contribution in [1.29, 1.82) is 0 Å². The Bertz CT molecular complexity index is 499. The van der Waals surface area contributed by atoms with E-state index < -0.39 is 5.82 Å². The van der Waals surface area contributed by atoms with Crippen LogP contribution in [0.4, 0.5) is 15.8 Å². The molecular weight excluding hydrogens is 251 g/mol. The largest absolute Gasteiger partial charge is 0.381 e. The van der Waals surface area contributed by atoms with Crippen molar-refractivity contribution in [3.05, 3.63) is 24.0 Å². The highest BCUT2D eigenvalue weighted by atomic mass is 19.1. The fourth-order valence-electron chi connectivity index (χ4n) is 1.87. The maximum atomic E-state index is 13.4. The Balaban J connectivity index is 2.07. The van der Waals surface area contributed by atoms with Gasteiger partial charge in [-0.15, -0.1) is 0 Å². The molecular formula is C13H15FN2O3. The Morgan fingerprint density at radius 2 is 2.16 bits per heavy atom. The van der Waals surface area contributed by atoms with Gasteiger partial charge in [-0.05, 0) is 24.6 Å². The van der Waals surface area contributed by atoms with E-state index in [4.69, 9.17) is 4.74 Å². The first-order chi connectivity index (χ1) is 9.06. The summed E-state index contributed by atoms with van der Waals surface area (Å²) < 4.78 is 18.6.